The number of nitrogens with two attached hydrogens (primary N) is 1. The molecule has 0 aromatic carbocycles. The molecule has 4 N–H and O–H groups in total. The third-order valence-corrected chi connectivity index (χ3v) is 1.09. The summed E-state index contributed by atoms with van der Waals surface area (Å²) in [5, 5.41) is 11.7. The van der Waals surface area contributed by atoms with Crippen molar-refractivity contribution in [1.29, 1.82) is 0 Å². The molecule has 0 radical (unpaired) electrons. The molecular weight excluding hydrogens is 144 g/mol. The van der Waals surface area contributed by atoms with Crippen LogP contribution in [0.15, 0.2) is 0 Å². The molecular formula is C7H16N2O2. The molecule has 11 heavy (non-hydrogen) atoms. The van der Waals surface area contributed by atoms with Gasteiger partial charge in [0.1, 0.15) is 0 Å². The first-order chi connectivity index (χ1) is 4.95. The van der Waals surface area contributed by atoms with Gasteiger partial charge in [-0.3, -0.25) is 4.79 Å². The van der Waals surface area contributed by atoms with Crippen molar-refractivity contribution in [3.8, 4) is 0 Å². The number of nitrogens with one attached hydrogen (secondary N) is 1. The van der Waals surface area contributed by atoms with Crippen LogP contribution in [-0.2, 0) is 4.79 Å². The topological polar surface area (TPSA) is 75.3 Å². The van der Waals surface area contributed by atoms with Gasteiger partial charge in [-0.1, -0.05) is 0 Å². The molecule has 0 saturated heterocycles. The van der Waals surface area contributed by atoms with E-state index in [1.165, 1.54) is 0 Å². The number of hydrogen-bond donors (Lipinski definition) is 3. The largest absolute Gasteiger partial charge is 0.389 e. The Bertz CT molecular complexity index is 129. The highest BCUT2D eigenvalue weighted by Gasteiger charge is 2.12. The summed E-state index contributed by atoms with van der Waals surface area (Å²) in [6.07, 6.45) is 0.316. The minimum absolute atomic E-state index is 0.116. The van der Waals surface area contributed by atoms with Crippen molar-refractivity contribution in [2.75, 3.05) is 13.1 Å². The van der Waals surface area contributed by atoms with Crippen molar-refractivity contribution >= 4 is 5.91 Å². The van der Waals surface area contributed by atoms with Crippen LogP contribution >= 0.6 is 0 Å². The first-order valence-corrected chi connectivity index (χ1v) is 3.65. The van der Waals surface area contributed by atoms with Gasteiger partial charge in [0.15, 0.2) is 0 Å². The molecule has 0 spiro atoms. The molecule has 4 heteroatoms. The average Bonchev–Trinajstić information content (AvgIpc) is 1.83. The molecule has 0 aromatic heterocycles. The molecule has 0 fully saturated rings. The molecule has 1 amide bonds. The quantitative estimate of drug-likeness (QED) is 0.505. The number of carbonyl (C=O) groups excluding carboxylic acids is 1. The van der Waals surface area contributed by atoms with Gasteiger partial charge >= 0.3 is 0 Å². The number of hydrogen-bond acceptors (Lipinski definition) is 3. The number of rotatable bonds is 4. The van der Waals surface area contributed by atoms with Crippen LogP contribution in [0.4, 0.5) is 0 Å². The summed E-state index contributed by atoms with van der Waals surface area (Å²) in [6, 6.07) is 0. The Labute approximate surface area is 66.8 Å². The zero-order valence-corrected chi connectivity index (χ0v) is 7.05. The van der Waals surface area contributed by atoms with Gasteiger partial charge in [0.25, 0.3) is 0 Å². The smallest absolute Gasteiger partial charge is 0.221 e. The van der Waals surface area contributed by atoms with E-state index in [1.807, 2.05) is 0 Å². The highest BCUT2D eigenvalue weighted by molar-refractivity contribution is 5.76. The minimum atomic E-state index is -0.843. The maximum Gasteiger partial charge on any atom is 0.221 e. The Kier molecular flexibility index (Phi) is 4.07. The maximum atomic E-state index is 10.8. The van der Waals surface area contributed by atoms with Gasteiger partial charge in [0, 0.05) is 19.5 Å². The van der Waals surface area contributed by atoms with E-state index in [2.05, 4.69) is 5.32 Å². The van der Waals surface area contributed by atoms with E-state index in [4.69, 9.17) is 5.73 Å². The standard InChI is InChI=1S/C7H16N2O2/c1-7(2,11)5-9-6(10)3-4-8/h11H,3-5,8H2,1-2H3,(H,9,10). The Morgan fingerprint density at radius 1 is 1.64 bits per heavy atom. The molecule has 0 unspecified atom stereocenters. The van der Waals surface area contributed by atoms with E-state index in [-0.39, 0.29) is 12.5 Å². The summed E-state index contributed by atoms with van der Waals surface area (Å²) in [6.45, 7) is 3.88. The van der Waals surface area contributed by atoms with E-state index in [1.54, 1.807) is 13.8 Å². The van der Waals surface area contributed by atoms with Crippen molar-refractivity contribution in [1.82, 2.24) is 5.32 Å². The van der Waals surface area contributed by atoms with Crippen LogP contribution in [0.1, 0.15) is 20.3 Å². The Morgan fingerprint density at radius 2 is 2.18 bits per heavy atom. The maximum absolute atomic E-state index is 10.8. The fourth-order valence-electron chi connectivity index (χ4n) is 0.534. The molecule has 0 aliphatic heterocycles. The zero-order valence-electron chi connectivity index (χ0n) is 7.05. The first kappa shape index (κ1) is 10.4. The van der Waals surface area contributed by atoms with E-state index in [9.17, 15) is 9.90 Å². The van der Waals surface area contributed by atoms with E-state index < -0.39 is 5.60 Å². The van der Waals surface area contributed by atoms with Gasteiger partial charge in [-0.2, -0.15) is 0 Å². The van der Waals surface area contributed by atoms with Crippen molar-refractivity contribution < 1.29 is 9.90 Å². The SMILES string of the molecule is CC(C)(O)CNC(=O)CCN. The van der Waals surface area contributed by atoms with Crippen LogP contribution in [0.3, 0.4) is 0 Å². The molecule has 0 aliphatic rings. The highest BCUT2D eigenvalue weighted by Crippen LogP contribution is 1.96. The van der Waals surface area contributed by atoms with Crippen molar-refractivity contribution in [3.63, 3.8) is 0 Å². The molecule has 4 nitrogen and oxygen atoms in total. The van der Waals surface area contributed by atoms with Crippen molar-refractivity contribution in [2.24, 2.45) is 5.73 Å². The molecule has 0 atom stereocenters. The fourth-order valence-corrected chi connectivity index (χ4v) is 0.534. The Hall–Kier alpha value is -0.610. The molecule has 0 bridgehead atoms. The second kappa shape index (κ2) is 4.31. The van der Waals surface area contributed by atoms with Crippen molar-refractivity contribution in [2.45, 2.75) is 25.9 Å². The van der Waals surface area contributed by atoms with Gasteiger partial charge in [-0.15, -0.1) is 0 Å². The molecule has 0 saturated carbocycles. The molecule has 0 aliphatic carbocycles. The number of aliphatic hydroxyl groups is 1. The second-order valence-electron chi connectivity index (χ2n) is 3.13. The molecule has 0 rings (SSSR count). The normalized spacial score (nSPS) is 11.3. The highest BCUT2D eigenvalue weighted by atomic mass is 16.3. The lowest BCUT2D eigenvalue weighted by molar-refractivity contribution is -0.121. The summed E-state index contributed by atoms with van der Waals surface area (Å²) in [7, 11) is 0. The van der Waals surface area contributed by atoms with Gasteiger partial charge < -0.3 is 16.2 Å². The summed E-state index contributed by atoms with van der Waals surface area (Å²) in [5.74, 6) is -0.116. The summed E-state index contributed by atoms with van der Waals surface area (Å²) >= 11 is 0. The number of carbonyl (C=O) groups is 1. The molecule has 66 valence electrons. The third-order valence-electron chi connectivity index (χ3n) is 1.09. The van der Waals surface area contributed by atoms with Gasteiger partial charge in [0.2, 0.25) is 5.91 Å². The summed E-state index contributed by atoms with van der Waals surface area (Å²) < 4.78 is 0. The third kappa shape index (κ3) is 7.29. The van der Waals surface area contributed by atoms with Crippen LogP contribution < -0.4 is 11.1 Å². The number of amides is 1. The second-order valence-corrected chi connectivity index (χ2v) is 3.13. The lowest BCUT2D eigenvalue weighted by atomic mass is 10.1. The van der Waals surface area contributed by atoms with Crippen LogP contribution in [-0.4, -0.2) is 29.7 Å². The molecule has 0 aromatic rings. The molecule has 0 heterocycles. The van der Waals surface area contributed by atoms with Gasteiger partial charge in [-0.25, -0.2) is 0 Å². The Balaban J connectivity index is 3.46. The Morgan fingerprint density at radius 3 is 2.55 bits per heavy atom. The summed E-state index contributed by atoms with van der Waals surface area (Å²) in [5.41, 5.74) is 4.30. The zero-order chi connectivity index (χ0) is 8.91. The minimum Gasteiger partial charge on any atom is -0.389 e. The lowest BCUT2D eigenvalue weighted by Gasteiger charge is -2.17. The van der Waals surface area contributed by atoms with Gasteiger partial charge in [-0.05, 0) is 13.8 Å². The predicted octanol–water partition coefficient (Wildman–Crippen LogP) is -0.778. The van der Waals surface area contributed by atoms with Crippen LogP contribution in [0.5, 0.6) is 0 Å². The average molecular weight is 160 g/mol. The summed E-state index contributed by atoms with van der Waals surface area (Å²) in [4.78, 5) is 10.8. The van der Waals surface area contributed by atoms with Crippen LogP contribution in [0, 0.1) is 0 Å². The predicted molar refractivity (Wildman–Crippen MR) is 43.0 cm³/mol. The van der Waals surface area contributed by atoms with Crippen LogP contribution in [0.25, 0.3) is 0 Å². The van der Waals surface area contributed by atoms with E-state index >= 15 is 0 Å². The lowest BCUT2D eigenvalue weighted by Crippen LogP contribution is -2.38. The first-order valence-electron chi connectivity index (χ1n) is 3.65. The van der Waals surface area contributed by atoms with Gasteiger partial charge in [0.05, 0.1) is 5.60 Å². The fraction of sp³-hybridized carbons (Fsp3) is 0.857. The van der Waals surface area contributed by atoms with E-state index in [0.717, 1.165) is 0 Å². The van der Waals surface area contributed by atoms with Crippen LogP contribution in [0.2, 0.25) is 0 Å². The van der Waals surface area contributed by atoms with Crippen molar-refractivity contribution in [3.05, 3.63) is 0 Å². The van der Waals surface area contributed by atoms with E-state index in [0.29, 0.717) is 13.0 Å². The monoisotopic (exact) mass is 160 g/mol.